The first-order chi connectivity index (χ1) is 11.6. The number of unbranched alkanes of at least 4 members (excludes halogenated alkanes) is 10. The minimum absolute atomic E-state index is 0.132. The van der Waals surface area contributed by atoms with Crippen molar-refractivity contribution < 1.29 is 4.43 Å². The van der Waals surface area contributed by atoms with E-state index in [0.29, 0.717) is 0 Å². The number of hydrogen-bond donors (Lipinski definition) is 0. The van der Waals surface area contributed by atoms with Crippen LogP contribution in [0.5, 0.6) is 0 Å². The van der Waals surface area contributed by atoms with Crippen LogP contribution in [0.25, 0.3) is 0 Å². The molecule has 0 saturated heterocycles. The molecule has 0 fully saturated rings. The summed E-state index contributed by atoms with van der Waals surface area (Å²) < 4.78 is 5.60. The zero-order valence-electron chi connectivity index (χ0n) is 16.5. The highest BCUT2D eigenvalue weighted by molar-refractivity contribution is 5.98. The molecule has 1 aromatic carbocycles. The monoisotopic (exact) mass is 348 g/mol. The molecular weight excluding hydrogens is 308 g/mol. The van der Waals surface area contributed by atoms with Gasteiger partial charge in [0.05, 0.1) is 0 Å². The van der Waals surface area contributed by atoms with Gasteiger partial charge in [-0.25, -0.2) is 0 Å². The average molecular weight is 349 g/mol. The Morgan fingerprint density at radius 3 is 1.67 bits per heavy atom. The molecule has 2 heteroatoms. The lowest BCUT2D eigenvalue weighted by atomic mass is 9.99. The van der Waals surface area contributed by atoms with Crippen molar-refractivity contribution in [3.63, 3.8) is 0 Å². The molecule has 0 aliphatic carbocycles. The third-order valence-electron chi connectivity index (χ3n) is 5.14. The van der Waals surface area contributed by atoms with Gasteiger partial charge < -0.3 is 4.43 Å². The fourth-order valence-corrected chi connectivity index (χ4v) is 3.42. The molecule has 24 heavy (non-hydrogen) atoms. The molecule has 0 unspecified atom stereocenters. The summed E-state index contributed by atoms with van der Waals surface area (Å²) in [5.41, 5.74) is 1.63. The van der Waals surface area contributed by atoms with E-state index in [0.717, 1.165) is 10.5 Å². The van der Waals surface area contributed by atoms with E-state index in [1.54, 1.807) is 0 Å². The third-order valence-corrected chi connectivity index (χ3v) is 6.24. The van der Waals surface area contributed by atoms with Gasteiger partial charge in [-0.2, -0.15) is 0 Å². The van der Waals surface area contributed by atoms with Crippen molar-refractivity contribution in [3.8, 4) is 0 Å². The minimum atomic E-state index is 0.132. The Balaban J connectivity index is 1.78. The topological polar surface area (TPSA) is 9.23 Å². The van der Waals surface area contributed by atoms with Crippen LogP contribution in [0.3, 0.4) is 0 Å². The van der Waals surface area contributed by atoms with E-state index < -0.39 is 0 Å². The Kier molecular flexibility index (Phi) is 12.2. The van der Waals surface area contributed by atoms with Crippen LogP contribution in [0.4, 0.5) is 0 Å². The van der Waals surface area contributed by atoms with Gasteiger partial charge in [0, 0.05) is 5.60 Å². The Labute approximate surface area is 154 Å². The van der Waals surface area contributed by atoms with E-state index in [4.69, 9.17) is 4.43 Å². The molecular formula is C22H40OSi. The van der Waals surface area contributed by atoms with Crippen LogP contribution in [0, 0.1) is 0 Å². The summed E-state index contributed by atoms with van der Waals surface area (Å²) in [4.78, 5) is 0. The van der Waals surface area contributed by atoms with Gasteiger partial charge in [0.2, 0.25) is 0 Å². The Morgan fingerprint density at radius 2 is 1.17 bits per heavy atom. The van der Waals surface area contributed by atoms with Crippen molar-refractivity contribution in [2.45, 2.75) is 103 Å². The van der Waals surface area contributed by atoms with Crippen LogP contribution in [-0.2, 0) is 10.8 Å². The van der Waals surface area contributed by atoms with Crippen LogP contribution in [0.15, 0.2) is 30.3 Å². The van der Waals surface area contributed by atoms with Crippen molar-refractivity contribution in [3.05, 3.63) is 35.9 Å². The van der Waals surface area contributed by atoms with Gasteiger partial charge in [0.25, 0.3) is 0 Å². The van der Waals surface area contributed by atoms with Gasteiger partial charge in [0.1, 0.15) is 10.5 Å². The maximum absolute atomic E-state index is 5.60. The van der Waals surface area contributed by atoms with Crippen LogP contribution >= 0.6 is 0 Å². The lowest BCUT2D eigenvalue weighted by molar-refractivity contribution is 0.109. The first-order valence-electron chi connectivity index (χ1n) is 10.2. The second-order valence-electron chi connectivity index (χ2n) is 7.84. The maximum atomic E-state index is 5.60. The summed E-state index contributed by atoms with van der Waals surface area (Å²) in [5.74, 6) is 0. The van der Waals surface area contributed by atoms with Crippen molar-refractivity contribution in [1.82, 2.24) is 0 Å². The van der Waals surface area contributed by atoms with E-state index in [-0.39, 0.29) is 5.60 Å². The van der Waals surface area contributed by atoms with E-state index in [1.807, 2.05) is 0 Å². The quantitative estimate of drug-likeness (QED) is 0.279. The van der Waals surface area contributed by atoms with E-state index in [9.17, 15) is 0 Å². The Bertz CT molecular complexity index is 388. The van der Waals surface area contributed by atoms with Gasteiger partial charge in [-0.1, -0.05) is 94.5 Å². The summed E-state index contributed by atoms with van der Waals surface area (Å²) >= 11 is 0. The van der Waals surface area contributed by atoms with Crippen LogP contribution in [-0.4, -0.2) is 16.1 Å². The normalized spacial score (nSPS) is 11.9. The smallest absolute Gasteiger partial charge is 0.146 e. The number of benzene rings is 1. The lowest BCUT2D eigenvalue weighted by Crippen LogP contribution is -2.22. The van der Waals surface area contributed by atoms with Crippen molar-refractivity contribution in [1.29, 1.82) is 0 Å². The van der Waals surface area contributed by atoms with E-state index >= 15 is 0 Å². The van der Waals surface area contributed by atoms with Crippen molar-refractivity contribution >= 4 is 10.5 Å². The van der Waals surface area contributed by atoms with E-state index in [1.165, 1.54) is 89.0 Å². The maximum Gasteiger partial charge on any atom is 0.146 e. The molecule has 1 rings (SSSR count). The molecule has 0 radical (unpaired) electrons. The summed E-state index contributed by atoms with van der Waals surface area (Å²) in [6.45, 7) is 4.44. The first-order valence-corrected chi connectivity index (χ1v) is 11.0. The predicted octanol–water partition coefficient (Wildman–Crippen LogP) is 5.99. The molecule has 0 aliphatic heterocycles. The summed E-state index contributed by atoms with van der Waals surface area (Å²) in [5, 5.41) is 0. The molecule has 0 aromatic heterocycles. The first kappa shape index (κ1) is 21.4. The van der Waals surface area contributed by atoms with E-state index in [2.05, 4.69) is 44.2 Å². The second-order valence-corrected chi connectivity index (χ2v) is 8.25. The molecule has 1 aromatic rings. The highest BCUT2D eigenvalue weighted by atomic mass is 28.2. The Morgan fingerprint density at radius 1 is 0.708 bits per heavy atom. The molecule has 1 nitrogen and oxygen atoms in total. The summed E-state index contributed by atoms with van der Waals surface area (Å²) in [7, 11) is 0.862. The highest BCUT2D eigenvalue weighted by Gasteiger charge is 2.13. The molecule has 0 spiro atoms. The third kappa shape index (κ3) is 11.9. The molecule has 0 N–H and O–H groups in total. The zero-order chi connectivity index (χ0) is 17.5. The number of rotatable bonds is 15. The van der Waals surface area contributed by atoms with Gasteiger partial charge in [0.15, 0.2) is 0 Å². The molecule has 0 bridgehead atoms. The van der Waals surface area contributed by atoms with Gasteiger partial charge in [-0.05, 0) is 38.7 Å². The fraction of sp³-hybridized carbons (Fsp3) is 0.727. The molecule has 0 saturated carbocycles. The molecule has 0 amide bonds. The van der Waals surface area contributed by atoms with Crippen molar-refractivity contribution in [2.75, 3.05) is 0 Å². The van der Waals surface area contributed by atoms with Crippen LogP contribution in [0.1, 0.15) is 96.5 Å². The molecule has 0 aliphatic rings. The van der Waals surface area contributed by atoms with Crippen LogP contribution in [0.2, 0.25) is 0 Å². The minimum Gasteiger partial charge on any atom is -0.423 e. The molecule has 138 valence electrons. The van der Waals surface area contributed by atoms with Gasteiger partial charge in [-0.3, -0.25) is 0 Å². The predicted molar refractivity (Wildman–Crippen MR) is 111 cm³/mol. The largest absolute Gasteiger partial charge is 0.423 e. The Hall–Kier alpha value is -0.603. The number of aryl methyl sites for hydroxylation is 1. The highest BCUT2D eigenvalue weighted by Crippen LogP contribution is 2.18. The summed E-state index contributed by atoms with van der Waals surface area (Å²) in [6.07, 6.45) is 17.9. The van der Waals surface area contributed by atoms with Crippen LogP contribution < -0.4 is 0 Å². The second kappa shape index (κ2) is 13.7. The number of hydrogen-bond acceptors (Lipinski definition) is 1. The standard InChI is InChI=1S/C22H40OSi/c1-22(2,23-24)20-16-11-9-7-5-3-4-6-8-10-13-17-21-18-14-12-15-19-21/h12,14-15,18-19H,3-11,13,16-17,20H2,1-2,24H3. The molecule has 0 atom stereocenters. The lowest BCUT2D eigenvalue weighted by Gasteiger charge is -2.23. The molecule has 0 heterocycles. The SMILES string of the molecule is CC(C)(CCCCCCCCCCCCCc1ccccc1)O[SiH3]. The zero-order valence-corrected chi connectivity index (χ0v) is 18.5. The van der Waals surface area contributed by atoms with Crippen molar-refractivity contribution in [2.24, 2.45) is 0 Å². The van der Waals surface area contributed by atoms with Gasteiger partial charge >= 0.3 is 0 Å². The fourth-order valence-electron chi connectivity index (χ4n) is 3.22. The average Bonchev–Trinajstić information content (AvgIpc) is 2.60. The summed E-state index contributed by atoms with van der Waals surface area (Å²) in [6, 6.07) is 10.9. The van der Waals surface area contributed by atoms with Gasteiger partial charge in [-0.15, -0.1) is 0 Å².